The van der Waals surface area contributed by atoms with E-state index in [-0.39, 0.29) is 0 Å². The summed E-state index contributed by atoms with van der Waals surface area (Å²) >= 11 is 0. The molecule has 0 bridgehead atoms. The van der Waals surface area contributed by atoms with Gasteiger partial charge in [-0.3, -0.25) is 0 Å². The fraction of sp³-hybridized carbons (Fsp3) is 0.222. The lowest BCUT2D eigenvalue weighted by Gasteiger charge is -1.81. The van der Waals surface area contributed by atoms with E-state index in [1.165, 1.54) is 0 Å². The van der Waals surface area contributed by atoms with Gasteiger partial charge in [-0.05, 0) is 12.1 Å². The molecule has 0 spiro atoms. The number of H-pyrrole nitrogens is 1. The van der Waals surface area contributed by atoms with Crippen molar-refractivity contribution in [2.45, 2.75) is 13.8 Å². The van der Waals surface area contributed by atoms with Gasteiger partial charge in [-0.15, -0.1) is 0 Å². The second-order valence-corrected chi connectivity index (χ2v) is 2.14. The smallest absolute Gasteiger partial charge is 0.198 e. The van der Waals surface area contributed by atoms with Crippen LogP contribution in [0.3, 0.4) is 0 Å². The van der Waals surface area contributed by atoms with Crippen molar-refractivity contribution in [3.63, 3.8) is 0 Å². The lowest BCUT2D eigenvalue weighted by molar-refractivity contribution is 1.35. The minimum atomic E-state index is 0.473. The standard InChI is InChI=1S/C7H7N3.C2H6/c8-7-9-5-3-1-2-4-6(5)10-7;1-2/h1-4H,(H3,8,9,10);1-2H3. The van der Waals surface area contributed by atoms with Gasteiger partial charge in [-0.2, -0.15) is 0 Å². The minimum absolute atomic E-state index is 0.473. The molecule has 1 aromatic carbocycles. The van der Waals surface area contributed by atoms with Crippen molar-refractivity contribution in [1.82, 2.24) is 9.97 Å². The molecule has 3 nitrogen and oxygen atoms in total. The number of imidazole rings is 1. The highest BCUT2D eigenvalue weighted by atomic mass is 15.0. The molecule has 3 heteroatoms. The van der Waals surface area contributed by atoms with Gasteiger partial charge in [-0.1, -0.05) is 26.0 Å². The summed E-state index contributed by atoms with van der Waals surface area (Å²) in [7, 11) is 0. The van der Waals surface area contributed by atoms with Crippen molar-refractivity contribution in [2.75, 3.05) is 5.73 Å². The molecule has 0 unspecified atom stereocenters. The second-order valence-electron chi connectivity index (χ2n) is 2.14. The first kappa shape index (κ1) is 8.59. The van der Waals surface area contributed by atoms with Gasteiger partial charge >= 0.3 is 0 Å². The van der Waals surface area contributed by atoms with Gasteiger partial charge in [0.25, 0.3) is 0 Å². The summed E-state index contributed by atoms with van der Waals surface area (Å²) in [5.74, 6) is 0.473. The second kappa shape index (κ2) is 3.76. The molecule has 0 amide bonds. The number of nitrogen functional groups attached to an aromatic ring is 1. The van der Waals surface area contributed by atoms with Crippen LogP contribution in [0.2, 0.25) is 0 Å². The molecular weight excluding hydrogens is 150 g/mol. The average Bonchev–Trinajstić information content (AvgIpc) is 2.48. The number of aromatic nitrogens is 2. The Hall–Kier alpha value is -1.51. The van der Waals surface area contributed by atoms with Crippen LogP contribution in [0.1, 0.15) is 13.8 Å². The number of aromatic amines is 1. The van der Waals surface area contributed by atoms with Gasteiger partial charge in [0.15, 0.2) is 5.95 Å². The first-order chi connectivity index (χ1) is 5.86. The van der Waals surface area contributed by atoms with Gasteiger partial charge < -0.3 is 10.7 Å². The Morgan fingerprint density at radius 1 is 1.25 bits per heavy atom. The van der Waals surface area contributed by atoms with Crippen molar-refractivity contribution in [2.24, 2.45) is 0 Å². The SMILES string of the molecule is CC.Nc1nc2ccccc2[nH]1. The summed E-state index contributed by atoms with van der Waals surface area (Å²) in [4.78, 5) is 6.96. The molecule has 0 atom stereocenters. The Labute approximate surface area is 71.6 Å². The summed E-state index contributed by atoms with van der Waals surface area (Å²) < 4.78 is 0. The molecule has 2 aromatic rings. The van der Waals surface area contributed by atoms with Crippen LogP contribution in [-0.2, 0) is 0 Å². The maximum absolute atomic E-state index is 5.42. The molecule has 1 heterocycles. The lowest BCUT2D eigenvalue weighted by atomic mass is 10.3. The molecule has 0 fully saturated rings. The number of hydrogen-bond acceptors (Lipinski definition) is 2. The number of rotatable bonds is 0. The third kappa shape index (κ3) is 1.56. The van der Waals surface area contributed by atoms with E-state index >= 15 is 0 Å². The zero-order chi connectivity index (χ0) is 8.97. The van der Waals surface area contributed by atoms with E-state index in [2.05, 4.69) is 9.97 Å². The maximum atomic E-state index is 5.42. The van der Waals surface area contributed by atoms with E-state index < -0.39 is 0 Å². The van der Waals surface area contributed by atoms with Crippen LogP contribution in [0.15, 0.2) is 24.3 Å². The van der Waals surface area contributed by atoms with E-state index in [1.807, 2.05) is 38.1 Å². The molecule has 0 aliphatic rings. The third-order valence-corrected chi connectivity index (χ3v) is 1.41. The molecule has 3 N–H and O–H groups in total. The van der Waals surface area contributed by atoms with Gasteiger partial charge in [0.05, 0.1) is 11.0 Å². The van der Waals surface area contributed by atoms with E-state index in [9.17, 15) is 0 Å². The van der Waals surface area contributed by atoms with E-state index in [1.54, 1.807) is 0 Å². The number of nitrogens with one attached hydrogen (secondary N) is 1. The Kier molecular flexibility index (Phi) is 2.69. The topological polar surface area (TPSA) is 54.7 Å². The average molecular weight is 163 g/mol. The highest BCUT2D eigenvalue weighted by molar-refractivity contribution is 5.76. The summed E-state index contributed by atoms with van der Waals surface area (Å²) in [6.45, 7) is 4.00. The summed E-state index contributed by atoms with van der Waals surface area (Å²) in [6, 6.07) is 7.74. The molecule has 64 valence electrons. The molecule has 1 aromatic heterocycles. The quantitative estimate of drug-likeness (QED) is 0.625. The Morgan fingerprint density at radius 2 is 1.92 bits per heavy atom. The first-order valence-electron chi connectivity index (χ1n) is 4.06. The van der Waals surface area contributed by atoms with Crippen molar-refractivity contribution >= 4 is 17.0 Å². The first-order valence-corrected chi connectivity index (χ1v) is 4.06. The van der Waals surface area contributed by atoms with E-state index in [0.717, 1.165) is 11.0 Å². The molecule has 0 aliphatic heterocycles. The molecular formula is C9H13N3. The monoisotopic (exact) mass is 163 g/mol. The van der Waals surface area contributed by atoms with Gasteiger partial charge in [0.1, 0.15) is 0 Å². The van der Waals surface area contributed by atoms with Crippen LogP contribution < -0.4 is 5.73 Å². The minimum Gasteiger partial charge on any atom is -0.369 e. The van der Waals surface area contributed by atoms with Crippen molar-refractivity contribution in [3.05, 3.63) is 24.3 Å². The molecule has 0 radical (unpaired) electrons. The summed E-state index contributed by atoms with van der Waals surface area (Å²) in [5.41, 5.74) is 7.33. The number of nitrogens with two attached hydrogens (primary N) is 1. The third-order valence-electron chi connectivity index (χ3n) is 1.41. The fourth-order valence-corrected chi connectivity index (χ4v) is 0.973. The van der Waals surface area contributed by atoms with Crippen LogP contribution in [0, 0.1) is 0 Å². The van der Waals surface area contributed by atoms with Crippen LogP contribution in [-0.4, -0.2) is 9.97 Å². The summed E-state index contributed by atoms with van der Waals surface area (Å²) in [5, 5.41) is 0. The zero-order valence-electron chi connectivity index (χ0n) is 7.33. The van der Waals surface area contributed by atoms with Crippen LogP contribution in [0.25, 0.3) is 11.0 Å². The van der Waals surface area contributed by atoms with E-state index in [0.29, 0.717) is 5.95 Å². The number of benzene rings is 1. The Morgan fingerprint density at radius 3 is 2.58 bits per heavy atom. The fourth-order valence-electron chi connectivity index (χ4n) is 0.973. The van der Waals surface area contributed by atoms with Crippen molar-refractivity contribution in [3.8, 4) is 0 Å². The normalized spacial score (nSPS) is 9.17. The van der Waals surface area contributed by atoms with E-state index in [4.69, 9.17) is 5.73 Å². The van der Waals surface area contributed by atoms with Gasteiger partial charge in [0.2, 0.25) is 0 Å². The lowest BCUT2D eigenvalue weighted by Crippen LogP contribution is -1.84. The molecule has 0 saturated carbocycles. The molecule has 0 aliphatic carbocycles. The molecule has 2 rings (SSSR count). The number of hydrogen-bond donors (Lipinski definition) is 2. The van der Waals surface area contributed by atoms with Crippen LogP contribution >= 0.6 is 0 Å². The number of para-hydroxylation sites is 2. The van der Waals surface area contributed by atoms with Crippen LogP contribution in [0.4, 0.5) is 5.95 Å². The highest BCUT2D eigenvalue weighted by Crippen LogP contribution is 2.10. The van der Waals surface area contributed by atoms with Gasteiger partial charge in [-0.25, -0.2) is 4.98 Å². The Bertz CT molecular complexity index is 318. The predicted octanol–water partition coefficient (Wildman–Crippen LogP) is 2.17. The molecule has 12 heavy (non-hydrogen) atoms. The number of anilines is 1. The van der Waals surface area contributed by atoms with Crippen LogP contribution in [0.5, 0.6) is 0 Å². The zero-order valence-corrected chi connectivity index (χ0v) is 7.33. The molecule has 0 saturated heterocycles. The number of fused-ring (bicyclic) bond motifs is 1. The largest absolute Gasteiger partial charge is 0.369 e. The predicted molar refractivity (Wildman–Crippen MR) is 51.9 cm³/mol. The van der Waals surface area contributed by atoms with Crippen molar-refractivity contribution in [1.29, 1.82) is 0 Å². The van der Waals surface area contributed by atoms with Gasteiger partial charge in [0, 0.05) is 0 Å². The Balaban J connectivity index is 0.000000336. The highest BCUT2D eigenvalue weighted by Gasteiger charge is 1.94. The number of nitrogens with zero attached hydrogens (tertiary/aromatic N) is 1. The maximum Gasteiger partial charge on any atom is 0.198 e. The van der Waals surface area contributed by atoms with Crippen molar-refractivity contribution < 1.29 is 0 Å². The summed E-state index contributed by atoms with van der Waals surface area (Å²) in [6.07, 6.45) is 0.